The van der Waals surface area contributed by atoms with E-state index < -0.39 is 0 Å². The van der Waals surface area contributed by atoms with Crippen molar-refractivity contribution >= 4 is 5.78 Å². The smallest absolute Gasteiger partial charge is 0.136 e. The Morgan fingerprint density at radius 2 is 1.42 bits per heavy atom. The molecule has 0 saturated heterocycles. The van der Waals surface area contributed by atoms with Crippen LogP contribution in [0.5, 0.6) is 0 Å². The second kappa shape index (κ2) is 2.34. The van der Waals surface area contributed by atoms with E-state index in [1.807, 2.05) is 0 Å². The van der Waals surface area contributed by atoms with Crippen molar-refractivity contribution in [3.8, 4) is 0 Å². The molecule has 2 unspecified atom stereocenters. The van der Waals surface area contributed by atoms with Crippen molar-refractivity contribution in [1.29, 1.82) is 0 Å². The Morgan fingerprint density at radius 3 is 2.08 bits per heavy atom. The van der Waals surface area contributed by atoms with Crippen molar-refractivity contribution in [2.75, 3.05) is 0 Å². The lowest BCUT2D eigenvalue weighted by Crippen LogP contribution is -2.27. The van der Waals surface area contributed by atoms with Crippen LogP contribution in [0.1, 0.15) is 38.5 Å². The van der Waals surface area contributed by atoms with Crippen LogP contribution < -0.4 is 0 Å². The minimum Gasteiger partial charge on any atom is -0.299 e. The molecule has 0 spiro atoms. The molecular weight excluding hydrogens is 148 g/mol. The monoisotopic (exact) mass is 164 g/mol. The van der Waals surface area contributed by atoms with E-state index in [2.05, 4.69) is 0 Å². The quantitative estimate of drug-likeness (QED) is 0.537. The number of Topliss-reactive ketones (excluding diaryl/α,β-unsaturated/α-hetero) is 1. The maximum atomic E-state index is 11.7. The van der Waals surface area contributed by atoms with Gasteiger partial charge in [-0.1, -0.05) is 0 Å². The normalized spacial score (nSPS) is 51.2. The number of carbonyl (C=O) groups is 1. The maximum absolute atomic E-state index is 11.7. The molecule has 0 aromatic carbocycles. The molecule has 12 heavy (non-hydrogen) atoms. The Bertz CT molecular complexity index is 207. The van der Waals surface area contributed by atoms with Crippen molar-refractivity contribution in [3.05, 3.63) is 0 Å². The van der Waals surface area contributed by atoms with Crippen molar-refractivity contribution in [3.63, 3.8) is 0 Å². The highest BCUT2D eigenvalue weighted by Gasteiger charge is 2.42. The average molecular weight is 164 g/mol. The molecule has 0 amide bonds. The fraction of sp³-hybridized carbons (Fsp3) is 0.909. The fourth-order valence-corrected chi connectivity index (χ4v) is 3.87. The molecule has 4 atom stereocenters. The third kappa shape index (κ3) is 0.949. The predicted octanol–water partition coefficient (Wildman–Crippen LogP) is 2.40. The van der Waals surface area contributed by atoms with E-state index in [0.717, 1.165) is 24.2 Å². The highest BCUT2D eigenvalue weighted by atomic mass is 16.1. The van der Waals surface area contributed by atoms with Gasteiger partial charge in [-0.2, -0.15) is 0 Å². The predicted molar refractivity (Wildman–Crippen MR) is 46.7 cm³/mol. The van der Waals surface area contributed by atoms with E-state index in [-0.39, 0.29) is 0 Å². The lowest BCUT2D eigenvalue weighted by molar-refractivity contribution is -0.123. The molecule has 0 N–H and O–H groups in total. The largest absolute Gasteiger partial charge is 0.299 e. The third-order valence-corrected chi connectivity index (χ3v) is 4.18. The molecule has 4 aliphatic carbocycles. The zero-order chi connectivity index (χ0) is 8.13. The second-order valence-electron chi connectivity index (χ2n) is 5.14. The second-order valence-corrected chi connectivity index (χ2v) is 5.14. The lowest BCUT2D eigenvalue weighted by Gasteiger charge is -2.37. The SMILES string of the molecule is O=C1CC2C[C@@H]3CC1C[C@H](C2)C3. The lowest BCUT2D eigenvalue weighted by atomic mass is 9.68. The molecule has 4 aliphatic rings. The molecule has 4 fully saturated rings. The summed E-state index contributed by atoms with van der Waals surface area (Å²) < 4.78 is 0. The Balaban J connectivity index is 1.95. The van der Waals surface area contributed by atoms with Gasteiger partial charge in [0.2, 0.25) is 0 Å². The number of hydrogen-bond acceptors (Lipinski definition) is 1. The molecule has 4 saturated carbocycles. The van der Waals surface area contributed by atoms with E-state index in [1.165, 1.54) is 32.1 Å². The van der Waals surface area contributed by atoms with Crippen LogP contribution in [-0.4, -0.2) is 5.78 Å². The van der Waals surface area contributed by atoms with Gasteiger partial charge in [0.05, 0.1) is 0 Å². The summed E-state index contributed by atoms with van der Waals surface area (Å²) in [5.41, 5.74) is 0. The van der Waals surface area contributed by atoms with Gasteiger partial charge in [-0.25, -0.2) is 0 Å². The van der Waals surface area contributed by atoms with Crippen LogP contribution in [0.15, 0.2) is 0 Å². The summed E-state index contributed by atoms with van der Waals surface area (Å²) in [6, 6.07) is 0. The Morgan fingerprint density at radius 1 is 0.833 bits per heavy atom. The van der Waals surface area contributed by atoms with Crippen LogP contribution in [0, 0.1) is 23.7 Å². The first-order chi connectivity index (χ1) is 5.81. The first-order valence-electron chi connectivity index (χ1n) is 5.34. The number of carbonyl (C=O) groups excluding carboxylic acids is 1. The van der Waals surface area contributed by atoms with Gasteiger partial charge in [0.15, 0.2) is 0 Å². The van der Waals surface area contributed by atoms with Crippen LogP contribution in [0.25, 0.3) is 0 Å². The summed E-state index contributed by atoms with van der Waals surface area (Å²) in [7, 11) is 0. The van der Waals surface area contributed by atoms with Crippen LogP contribution >= 0.6 is 0 Å². The number of fused-ring (bicyclic) bond motifs is 1. The van der Waals surface area contributed by atoms with Gasteiger partial charge in [0.1, 0.15) is 5.78 Å². The first kappa shape index (κ1) is 7.11. The molecule has 0 aromatic heterocycles. The zero-order valence-corrected chi connectivity index (χ0v) is 7.46. The molecule has 1 heteroatoms. The molecule has 0 heterocycles. The minimum atomic E-state index is 0.487. The van der Waals surface area contributed by atoms with Crippen molar-refractivity contribution in [2.45, 2.75) is 38.5 Å². The van der Waals surface area contributed by atoms with Gasteiger partial charge in [0, 0.05) is 12.3 Å². The topological polar surface area (TPSA) is 17.1 Å². The summed E-state index contributed by atoms with van der Waals surface area (Å²) in [6.07, 6.45) is 7.60. The number of ketones is 1. The van der Waals surface area contributed by atoms with Crippen molar-refractivity contribution in [1.82, 2.24) is 0 Å². The van der Waals surface area contributed by atoms with Crippen molar-refractivity contribution < 1.29 is 4.79 Å². The van der Waals surface area contributed by atoms with E-state index in [4.69, 9.17) is 0 Å². The number of rotatable bonds is 0. The molecule has 0 aliphatic heterocycles. The van der Waals surface area contributed by atoms with Gasteiger partial charge in [0.25, 0.3) is 0 Å². The molecule has 1 nitrogen and oxygen atoms in total. The molecule has 4 rings (SSSR count). The third-order valence-electron chi connectivity index (χ3n) is 4.18. The van der Waals surface area contributed by atoms with Gasteiger partial charge in [-0.05, 0) is 49.9 Å². The van der Waals surface area contributed by atoms with Gasteiger partial charge in [-0.15, -0.1) is 0 Å². The van der Waals surface area contributed by atoms with Crippen molar-refractivity contribution in [2.24, 2.45) is 23.7 Å². The van der Waals surface area contributed by atoms with Gasteiger partial charge >= 0.3 is 0 Å². The van der Waals surface area contributed by atoms with Gasteiger partial charge in [-0.3, -0.25) is 4.79 Å². The fourth-order valence-electron chi connectivity index (χ4n) is 3.87. The summed E-state index contributed by atoms with van der Waals surface area (Å²) in [4.78, 5) is 11.7. The Labute approximate surface area is 73.5 Å². The maximum Gasteiger partial charge on any atom is 0.136 e. The van der Waals surface area contributed by atoms with Crippen LogP contribution in [0.2, 0.25) is 0 Å². The molecule has 0 aromatic rings. The van der Waals surface area contributed by atoms with Crippen LogP contribution in [0.4, 0.5) is 0 Å². The van der Waals surface area contributed by atoms with E-state index in [0.29, 0.717) is 11.7 Å². The zero-order valence-electron chi connectivity index (χ0n) is 7.46. The summed E-state index contributed by atoms with van der Waals surface area (Å²) in [5, 5.41) is 0. The van der Waals surface area contributed by atoms with E-state index in [9.17, 15) is 4.79 Å². The average Bonchev–Trinajstić information content (AvgIpc) is 2.16. The van der Waals surface area contributed by atoms with Gasteiger partial charge < -0.3 is 0 Å². The van der Waals surface area contributed by atoms with E-state index >= 15 is 0 Å². The molecular formula is C11H16O. The highest BCUT2D eigenvalue weighted by Crippen LogP contribution is 2.49. The standard InChI is InChI=1S/C11H16O/c12-11-6-9-2-7-1-8(3-9)5-10(11)4-7/h7-10H,1-6H2/t7-,8+,9?,10?. The highest BCUT2D eigenvalue weighted by molar-refractivity contribution is 5.82. The van der Waals surface area contributed by atoms with E-state index in [1.54, 1.807) is 0 Å². The van der Waals surface area contributed by atoms with Crippen LogP contribution in [0.3, 0.4) is 0 Å². The number of hydrogen-bond donors (Lipinski definition) is 0. The molecule has 4 bridgehead atoms. The minimum absolute atomic E-state index is 0.487. The Kier molecular flexibility index (Phi) is 1.38. The molecule has 0 radical (unpaired) electrons. The van der Waals surface area contributed by atoms with Crippen LogP contribution in [-0.2, 0) is 4.79 Å². The summed E-state index contributed by atoms with van der Waals surface area (Å²) in [5.74, 6) is 3.73. The Hall–Kier alpha value is -0.330. The summed E-state index contributed by atoms with van der Waals surface area (Å²) in [6.45, 7) is 0. The molecule has 66 valence electrons. The summed E-state index contributed by atoms with van der Waals surface area (Å²) >= 11 is 0. The first-order valence-corrected chi connectivity index (χ1v) is 5.34.